The van der Waals surface area contributed by atoms with E-state index < -0.39 is 0 Å². The molecule has 2 nitrogen and oxygen atoms in total. The van der Waals surface area contributed by atoms with E-state index in [2.05, 4.69) is 22.1 Å². The lowest BCUT2D eigenvalue weighted by atomic mass is 9.77. The maximum atomic E-state index is 9.21. The Morgan fingerprint density at radius 1 is 1.54 bits per heavy atom. The second-order valence-electron chi connectivity index (χ2n) is 3.78. The van der Waals surface area contributed by atoms with Crippen LogP contribution in [0.25, 0.3) is 0 Å². The average molecular weight is 197 g/mol. The van der Waals surface area contributed by atoms with E-state index in [1.165, 1.54) is 12.0 Å². The molecule has 1 fully saturated rings. The molecule has 0 aromatic carbocycles. The van der Waals surface area contributed by atoms with E-state index in [1.54, 1.807) is 11.3 Å². The molecule has 0 amide bonds. The smallest absolute Gasteiger partial charge is 0.0613 e. The van der Waals surface area contributed by atoms with Crippen LogP contribution in [0, 0.1) is 0 Å². The number of hydrogen-bond donors (Lipinski definition) is 2. The largest absolute Gasteiger partial charge is 0.394 e. The second-order valence-corrected chi connectivity index (χ2v) is 4.56. The van der Waals surface area contributed by atoms with Crippen LogP contribution >= 0.6 is 11.3 Å². The first-order chi connectivity index (χ1) is 6.35. The Bertz CT molecular complexity index is 248. The van der Waals surface area contributed by atoms with Gasteiger partial charge < -0.3 is 10.4 Å². The molecule has 0 radical (unpaired) electrons. The van der Waals surface area contributed by atoms with Crippen molar-refractivity contribution in [1.82, 2.24) is 5.32 Å². The van der Waals surface area contributed by atoms with Gasteiger partial charge in [0.2, 0.25) is 0 Å². The molecule has 72 valence electrons. The summed E-state index contributed by atoms with van der Waals surface area (Å²) in [5, 5.41) is 16.9. The van der Waals surface area contributed by atoms with Gasteiger partial charge in [-0.1, -0.05) is 0 Å². The number of aliphatic hydroxyl groups is 1. The fraction of sp³-hybridized carbons (Fsp3) is 0.600. The molecule has 1 aliphatic rings. The molecule has 1 aromatic heterocycles. The third-order valence-corrected chi connectivity index (χ3v) is 3.59. The van der Waals surface area contributed by atoms with Gasteiger partial charge in [-0.2, -0.15) is 11.3 Å². The number of hydrogen-bond acceptors (Lipinski definition) is 3. The summed E-state index contributed by atoms with van der Waals surface area (Å²) in [6.07, 6.45) is 3.48. The van der Waals surface area contributed by atoms with Crippen LogP contribution < -0.4 is 5.32 Å². The third kappa shape index (κ3) is 1.93. The Morgan fingerprint density at radius 2 is 2.38 bits per heavy atom. The van der Waals surface area contributed by atoms with Crippen molar-refractivity contribution >= 4 is 11.3 Å². The lowest BCUT2D eigenvalue weighted by Gasteiger charge is -2.41. The average Bonchev–Trinajstić information content (AvgIpc) is 2.56. The summed E-state index contributed by atoms with van der Waals surface area (Å²) in [6, 6.07) is 2.13. The summed E-state index contributed by atoms with van der Waals surface area (Å²) in [5.74, 6) is 0. The fourth-order valence-electron chi connectivity index (χ4n) is 1.68. The van der Waals surface area contributed by atoms with Crippen molar-refractivity contribution in [2.24, 2.45) is 0 Å². The number of rotatable bonds is 4. The summed E-state index contributed by atoms with van der Waals surface area (Å²) < 4.78 is 0. The molecule has 0 aliphatic heterocycles. The van der Waals surface area contributed by atoms with E-state index in [4.69, 9.17) is 0 Å². The molecule has 1 aromatic rings. The van der Waals surface area contributed by atoms with Crippen LogP contribution in [-0.4, -0.2) is 17.3 Å². The van der Waals surface area contributed by atoms with E-state index in [0.717, 1.165) is 19.4 Å². The van der Waals surface area contributed by atoms with E-state index in [0.29, 0.717) is 0 Å². The highest BCUT2D eigenvalue weighted by Crippen LogP contribution is 2.31. The topological polar surface area (TPSA) is 32.3 Å². The molecule has 2 rings (SSSR count). The summed E-state index contributed by atoms with van der Waals surface area (Å²) in [4.78, 5) is 0. The zero-order valence-electron chi connectivity index (χ0n) is 7.62. The lowest BCUT2D eigenvalue weighted by Crippen LogP contribution is -2.53. The Kier molecular flexibility index (Phi) is 2.67. The molecular formula is C10H15NOS. The third-order valence-electron chi connectivity index (χ3n) is 2.86. The van der Waals surface area contributed by atoms with E-state index in [1.807, 2.05) is 0 Å². The molecule has 0 unspecified atom stereocenters. The molecular weight excluding hydrogens is 182 g/mol. The van der Waals surface area contributed by atoms with E-state index in [9.17, 15) is 5.11 Å². The zero-order chi connectivity index (χ0) is 9.15. The molecule has 0 atom stereocenters. The summed E-state index contributed by atoms with van der Waals surface area (Å²) in [6.45, 7) is 1.17. The predicted molar refractivity (Wildman–Crippen MR) is 54.8 cm³/mol. The van der Waals surface area contributed by atoms with E-state index in [-0.39, 0.29) is 12.1 Å². The molecule has 0 spiro atoms. The normalized spacial score (nSPS) is 19.8. The van der Waals surface area contributed by atoms with Gasteiger partial charge in [-0.05, 0) is 41.7 Å². The molecule has 0 saturated heterocycles. The highest BCUT2D eigenvalue weighted by atomic mass is 32.1. The molecule has 3 heteroatoms. The van der Waals surface area contributed by atoms with Gasteiger partial charge in [0.05, 0.1) is 6.61 Å². The van der Waals surface area contributed by atoms with Gasteiger partial charge in [-0.3, -0.25) is 0 Å². The van der Waals surface area contributed by atoms with Gasteiger partial charge in [-0.15, -0.1) is 0 Å². The van der Waals surface area contributed by atoms with Crippen LogP contribution in [-0.2, 0) is 6.54 Å². The zero-order valence-corrected chi connectivity index (χ0v) is 8.44. The predicted octanol–water partition coefficient (Wildman–Crippen LogP) is 1.75. The van der Waals surface area contributed by atoms with Crippen LogP contribution in [0.3, 0.4) is 0 Å². The minimum atomic E-state index is 0.0436. The van der Waals surface area contributed by atoms with Gasteiger partial charge in [-0.25, -0.2) is 0 Å². The fourth-order valence-corrected chi connectivity index (χ4v) is 2.35. The Morgan fingerprint density at radius 3 is 2.85 bits per heavy atom. The monoisotopic (exact) mass is 197 g/mol. The minimum Gasteiger partial charge on any atom is -0.394 e. The van der Waals surface area contributed by atoms with Gasteiger partial charge in [0.25, 0.3) is 0 Å². The first kappa shape index (κ1) is 9.19. The maximum Gasteiger partial charge on any atom is 0.0613 e. The van der Waals surface area contributed by atoms with Gasteiger partial charge >= 0.3 is 0 Å². The van der Waals surface area contributed by atoms with Crippen LogP contribution in [0.1, 0.15) is 24.8 Å². The first-order valence-corrected chi connectivity index (χ1v) is 5.66. The second kappa shape index (κ2) is 3.78. The van der Waals surface area contributed by atoms with Gasteiger partial charge in [0.15, 0.2) is 0 Å². The molecule has 1 aliphatic carbocycles. The molecule has 13 heavy (non-hydrogen) atoms. The number of aliphatic hydroxyl groups excluding tert-OH is 1. The summed E-state index contributed by atoms with van der Waals surface area (Å²) in [7, 11) is 0. The molecule has 2 N–H and O–H groups in total. The van der Waals surface area contributed by atoms with Crippen molar-refractivity contribution in [1.29, 1.82) is 0 Å². The van der Waals surface area contributed by atoms with E-state index >= 15 is 0 Å². The van der Waals surface area contributed by atoms with Crippen molar-refractivity contribution < 1.29 is 5.11 Å². The highest BCUT2D eigenvalue weighted by Gasteiger charge is 2.35. The molecule has 1 heterocycles. The number of thiophene rings is 1. The Balaban J connectivity index is 1.84. The first-order valence-electron chi connectivity index (χ1n) is 4.72. The van der Waals surface area contributed by atoms with Gasteiger partial charge in [0.1, 0.15) is 0 Å². The molecule has 1 saturated carbocycles. The summed E-state index contributed by atoms with van der Waals surface area (Å²) >= 11 is 1.72. The van der Waals surface area contributed by atoms with Crippen LogP contribution in [0.2, 0.25) is 0 Å². The Hall–Kier alpha value is -0.380. The SMILES string of the molecule is OCC1(NCc2ccsc2)CCC1. The van der Waals surface area contributed by atoms with Crippen molar-refractivity contribution in [2.75, 3.05) is 6.61 Å². The van der Waals surface area contributed by atoms with Crippen LogP contribution in [0.4, 0.5) is 0 Å². The standard InChI is InChI=1S/C10H15NOS/c12-8-10(3-1-4-10)11-6-9-2-5-13-7-9/h2,5,7,11-12H,1,3-4,6,8H2. The maximum absolute atomic E-state index is 9.21. The van der Waals surface area contributed by atoms with Crippen molar-refractivity contribution in [3.05, 3.63) is 22.4 Å². The lowest BCUT2D eigenvalue weighted by molar-refractivity contribution is 0.0872. The highest BCUT2D eigenvalue weighted by molar-refractivity contribution is 7.07. The van der Waals surface area contributed by atoms with Crippen molar-refractivity contribution in [3.63, 3.8) is 0 Å². The van der Waals surface area contributed by atoms with Crippen LogP contribution in [0.5, 0.6) is 0 Å². The summed E-state index contributed by atoms with van der Waals surface area (Å²) in [5.41, 5.74) is 1.37. The minimum absolute atomic E-state index is 0.0436. The molecule has 0 bridgehead atoms. The number of nitrogens with one attached hydrogen (secondary N) is 1. The van der Waals surface area contributed by atoms with Crippen molar-refractivity contribution in [3.8, 4) is 0 Å². The van der Waals surface area contributed by atoms with Crippen molar-refractivity contribution in [2.45, 2.75) is 31.3 Å². The van der Waals surface area contributed by atoms with Gasteiger partial charge in [0, 0.05) is 12.1 Å². The van der Waals surface area contributed by atoms with Crippen LogP contribution in [0.15, 0.2) is 16.8 Å². The quantitative estimate of drug-likeness (QED) is 0.771. The Labute approximate surface area is 82.6 Å².